The van der Waals surface area contributed by atoms with Crippen LogP contribution in [0.15, 0.2) is 34.3 Å². The van der Waals surface area contributed by atoms with Crippen molar-refractivity contribution >= 4 is 17.6 Å². The van der Waals surface area contributed by atoms with Crippen molar-refractivity contribution in [1.29, 1.82) is 0 Å². The summed E-state index contributed by atoms with van der Waals surface area (Å²) in [6.45, 7) is 2.12. The number of nitrogens with zero attached hydrogens (tertiary/aromatic N) is 1. The quantitative estimate of drug-likeness (QED) is 0.263. The van der Waals surface area contributed by atoms with Crippen LogP contribution < -0.4 is 5.73 Å². The van der Waals surface area contributed by atoms with Crippen LogP contribution in [0, 0.1) is 0 Å². The highest BCUT2D eigenvalue weighted by Gasteiger charge is 1.97. The zero-order valence-corrected chi connectivity index (χ0v) is 8.92. The molecular formula is C10H14N2OS. The molecule has 76 valence electrons. The van der Waals surface area contributed by atoms with E-state index in [2.05, 4.69) is 24.2 Å². The molecule has 0 fully saturated rings. The Labute approximate surface area is 88.0 Å². The maximum absolute atomic E-state index is 8.34. The number of hydrogen-bond donors (Lipinski definition) is 2. The Morgan fingerprint density at radius 2 is 2.07 bits per heavy atom. The van der Waals surface area contributed by atoms with E-state index in [0.717, 1.165) is 11.3 Å². The van der Waals surface area contributed by atoms with Crippen molar-refractivity contribution in [2.24, 2.45) is 10.9 Å². The number of thioether (sulfide) groups is 1. The van der Waals surface area contributed by atoms with E-state index in [0.29, 0.717) is 5.75 Å². The standard InChI is InChI=1S/C10H14N2OS/c1-2-8-3-5-9(6-4-8)14-7-10(11)12-13/h3-6,13H,2,7H2,1H3,(H2,11,12). The van der Waals surface area contributed by atoms with Crippen molar-refractivity contribution in [2.45, 2.75) is 18.2 Å². The van der Waals surface area contributed by atoms with Crippen molar-refractivity contribution in [3.05, 3.63) is 29.8 Å². The summed E-state index contributed by atoms with van der Waals surface area (Å²) in [5.41, 5.74) is 6.67. The summed E-state index contributed by atoms with van der Waals surface area (Å²) in [6.07, 6.45) is 1.05. The number of oxime groups is 1. The molecule has 0 aliphatic rings. The zero-order chi connectivity index (χ0) is 10.4. The molecule has 1 aromatic carbocycles. The number of hydrogen-bond acceptors (Lipinski definition) is 3. The molecule has 0 aromatic heterocycles. The van der Waals surface area contributed by atoms with Gasteiger partial charge in [0.15, 0.2) is 0 Å². The van der Waals surface area contributed by atoms with Crippen LogP contribution in [0.3, 0.4) is 0 Å². The average molecular weight is 210 g/mol. The summed E-state index contributed by atoms with van der Waals surface area (Å²) >= 11 is 1.56. The highest BCUT2D eigenvalue weighted by molar-refractivity contribution is 8.00. The molecule has 0 aliphatic carbocycles. The van der Waals surface area contributed by atoms with Crippen molar-refractivity contribution in [3.8, 4) is 0 Å². The Morgan fingerprint density at radius 3 is 2.57 bits per heavy atom. The molecule has 14 heavy (non-hydrogen) atoms. The minimum absolute atomic E-state index is 0.245. The Kier molecular flexibility index (Phi) is 4.32. The normalized spacial score (nSPS) is 11.6. The molecule has 0 saturated carbocycles. The predicted octanol–water partition coefficient (Wildman–Crippen LogP) is 2.09. The number of amidine groups is 1. The van der Waals surface area contributed by atoms with Gasteiger partial charge >= 0.3 is 0 Å². The van der Waals surface area contributed by atoms with Crippen LogP contribution in [-0.2, 0) is 6.42 Å². The second-order valence-electron chi connectivity index (χ2n) is 2.88. The Hall–Kier alpha value is -1.16. The Balaban J connectivity index is 2.52. The largest absolute Gasteiger partial charge is 0.409 e. The van der Waals surface area contributed by atoms with Gasteiger partial charge in [0.25, 0.3) is 0 Å². The van der Waals surface area contributed by atoms with Gasteiger partial charge in [-0.05, 0) is 24.1 Å². The van der Waals surface area contributed by atoms with Crippen LogP contribution in [0.25, 0.3) is 0 Å². The first-order valence-electron chi connectivity index (χ1n) is 4.44. The maximum atomic E-state index is 8.34. The number of benzene rings is 1. The minimum Gasteiger partial charge on any atom is -0.409 e. The lowest BCUT2D eigenvalue weighted by Gasteiger charge is -2.01. The fourth-order valence-electron chi connectivity index (χ4n) is 1.01. The summed E-state index contributed by atoms with van der Waals surface area (Å²) in [5.74, 6) is 0.761. The first kappa shape index (κ1) is 10.9. The molecule has 0 saturated heterocycles. The SMILES string of the molecule is CCc1ccc(SC/C(N)=N\O)cc1. The summed E-state index contributed by atoms with van der Waals surface area (Å²) in [7, 11) is 0. The molecule has 0 spiro atoms. The lowest BCUT2D eigenvalue weighted by Crippen LogP contribution is -2.13. The van der Waals surface area contributed by atoms with Crippen LogP contribution in [0.4, 0.5) is 0 Å². The summed E-state index contributed by atoms with van der Waals surface area (Å²) in [5, 5.41) is 11.3. The van der Waals surface area contributed by atoms with Gasteiger partial charge < -0.3 is 10.9 Å². The third-order valence-electron chi connectivity index (χ3n) is 1.85. The minimum atomic E-state index is 0.245. The van der Waals surface area contributed by atoms with Crippen molar-refractivity contribution in [3.63, 3.8) is 0 Å². The van der Waals surface area contributed by atoms with Crippen LogP contribution >= 0.6 is 11.8 Å². The summed E-state index contributed by atoms with van der Waals surface area (Å²) < 4.78 is 0. The number of nitrogens with two attached hydrogens (primary N) is 1. The molecular weight excluding hydrogens is 196 g/mol. The Bertz CT molecular complexity index is 308. The van der Waals surface area contributed by atoms with E-state index < -0.39 is 0 Å². The van der Waals surface area contributed by atoms with E-state index in [4.69, 9.17) is 10.9 Å². The van der Waals surface area contributed by atoms with Gasteiger partial charge in [-0.25, -0.2) is 0 Å². The number of aryl methyl sites for hydroxylation is 1. The fraction of sp³-hybridized carbons (Fsp3) is 0.300. The highest BCUT2D eigenvalue weighted by atomic mass is 32.2. The second-order valence-corrected chi connectivity index (χ2v) is 3.93. The molecule has 0 amide bonds. The van der Waals surface area contributed by atoms with Gasteiger partial charge in [-0.15, -0.1) is 11.8 Å². The van der Waals surface area contributed by atoms with Gasteiger partial charge in [-0.3, -0.25) is 0 Å². The van der Waals surface area contributed by atoms with E-state index in [9.17, 15) is 0 Å². The van der Waals surface area contributed by atoms with Gasteiger partial charge in [0, 0.05) is 4.90 Å². The molecule has 3 nitrogen and oxygen atoms in total. The summed E-state index contributed by atoms with van der Waals surface area (Å²) in [4.78, 5) is 1.13. The van der Waals surface area contributed by atoms with Gasteiger partial charge in [-0.1, -0.05) is 24.2 Å². The smallest absolute Gasteiger partial charge is 0.149 e. The van der Waals surface area contributed by atoms with Crippen molar-refractivity contribution in [1.82, 2.24) is 0 Å². The molecule has 1 rings (SSSR count). The van der Waals surface area contributed by atoms with Crippen LogP contribution in [0.2, 0.25) is 0 Å². The highest BCUT2D eigenvalue weighted by Crippen LogP contribution is 2.18. The molecule has 3 N–H and O–H groups in total. The number of rotatable bonds is 4. The molecule has 0 heterocycles. The zero-order valence-electron chi connectivity index (χ0n) is 8.10. The maximum Gasteiger partial charge on any atom is 0.149 e. The third kappa shape index (κ3) is 3.30. The second kappa shape index (κ2) is 5.54. The van der Waals surface area contributed by atoms with Crippen LogP contribution in [0.5, 0.6) is 0 Å². The molecule has 0 radical (unpaired) electrons. The topological polar surface area (TPSA) is 58.6 Å². The third-order valence-corrected chi connectivity index (χ3v) is 2.89. The molecule has 4 heteroatoms. The molecule has 1 aromatic rings. The average Bonchev–Trinajstić information content (AvgIpc) is 2.26. The van der Waals surface area contributed by atoms with E-state index in [1.54, 1.807) is 11.8 Å². The van der Waals surface area contributed by atoms with E-state index >= 15 is 0 Å². The first-order chi connectivity index (χ1) is 6.76. The lowest BCUT2D eigenvalue weighted by atomic mass is 10.2. The molecule has 0 bridgehead atoms. The van der Waals surface area contributed by atoms with Gasteiger partial charge in [0.05, 0.1) is 5.75 Å². The first-order valence-corrected chi connectivity index (χ1v) is 5.43. The van der Waals surface area contributed by atoms with Crippen molar-refractivity contribution in [2.75, 3.05) is 5.75 Å². The van der Waals surface area contributed by atoms with E-state index in [1.807, 2.05) is 12.1 Å². The lowest BCUT2D eigenvalue weighted by molar-refractivity contribution is 0.318. The molecule has 0 atom stereocenters. The van der Waals surface area contributed by atoms with Gasteiger partial charge in [0.1, 0.15) is 5.84 Å². The van der Waals surface area contributed by atoms with E-state index in [-0.39, 0.29) is 5.84 Å². The van der Waals surface area contributed by atoms with Crippen LogP contribution in [-0.4, -0.2) is 16.8 Å². The predicted molar refractivity (Wildman–Crippen MR) is 60.0 cm³/mol. The van der Waals surface area contributed by atoms with Gasteiger partial charge in [0.2, 0.25) is 0 Å². The van der Waals surface area contributed by atoms with E-state index in [1.165, 1.54) is 5.56 Å². The van der Waals surface area contributed by atoms with Crippen LogP contribution in [0.1, 0.15) is 12.5 Å². The van der Waals surface area contributed by atoms with Gasteiger partial charge in [-0.2, -0.15) is 0 Å². The van der Waals surface area contributed by atoms with Crippen molar-refractivity contribution < 1.29 is 5.21 Å². The monoisotopic (exact) mass is 210 g/mol. The Morgan fingerprint density at radius 1 is 1.43 bits per heavy atom. The fourth-order valence-corrected chi connectivity index (χ4v) is 1.71. The molecule has 0 unspecified atom stereocenters. The summed E-state index contributed by atoms with van der Waals surface area (Å²) in [6, 6.07) is 8.28. The molecule has 0 aliphatic heterocycles.